The zero-order chi connectivity index (χ0) is 26.9. The Kier molecular flexibility index (Phi) is 7.67. The van der Waals surface area contributed by atoms with Gasteiger partial charge in [0.25, 0.3) is 11.5 Å². The lowest BCUT2D eigenvalue weighted by molar-refractivity contribution is 0.0751. The Balaban J connectivity index is 1.78. The lowest BCUT2D eigenvalue weighted by Gasteiger charge is -2.22. The molecule has 0 aliphatic carbocycles. The maximum absolute atomic E-state index is 13.6. The molecule has 9 nitrogen and oxygen atoms in total. The van der Waals surface area contributed by atoms with Gasteiger partial charge in [0, 0.05) is 28.8 Å². The Hall–Kier alpha value is -3.28. The van der Waals surface area contributed by atoms with Crippen LogP contribution in [0.3, 0.4) is 0 Å². The number of methoxy groups -OCH3 is 1. The van der Waals surface area contributed by atoms with Crippen molar-refractivity contribution in [1.29, 1.82) is 0 Å². The zero-order valence-corrected chi connectivity index (χ0v) is 23.4. The number of Topliss-reactive ketones (excluding diaryl/α,β-unsaturated/α-hetero) is 1. The number of aromatic nitrogens is 4. The first kappa shape index (κ1) is 26.8. The van der Waals surface area contributed by atoms with Gasteiger partial charge in [0.15, 0.2) is 11.7 Å². The van der Waals surface area contributed by atoms with Crippen LogP contribution in [0.2, 0.25) is 4.34 Å². The molecule has 0 atom stereocenters. The maximum atomic E-state index is 13.6. The molecule has 0 saturated carbocycles. The van der Waals surface area contributed by atoms with Gasteiger partial charge in [0.2, 0.25) is 0 Å². The van der Waals surface area contributed by atoms with Crippen LogP contribution in [-0.2, 0) is 13.1 Å². The molecule has 0 aliphatic rings. The normalized spacial score (nSPS) is 11.5. The van der Waals surface area contributed by atoms with E-state index in [1.807, 2.05) is 44.9 Å². The van der Waals surface area contributed by atoms with Gasteiger partial charge in [-0.05, 0) is 35.8 Å². The number of hydrogen-bond acceptors (Lipinski definition) is 9. The second-order valence-electron chi connectivity index (χ2n) is 9.43. The minimum Gasteiger partial charge on any atom is -0.482 e. The van der Waals surface area contributed by atoms with Gasteiger partial charge in [-0.15, -0.1) is 11.3 Å². The third-order valence-corrected chi connectivity index (χ3v) is 7.42. The number of nitrogens with zero attached hydrogens (tertiary/aromatic N) is 5. The molecule has 0 N–H and O–H groups in total. The van der Waals surface area contributed by atoms with Crippen molar-refractivity contribution in [2.45, 2.75) is 33.9 Å². The van der Waals surface area contributed by atoms with E-state index in [2.05, 4.69) is 9.47 Å². The second kappa shape index (κ2) is 10.6. The van der Waals surface area contributed by atoms with Crippen molar-refractivity contribution in [3.05, 3.63) is 67.0 Å². The van der Waals surface area contributed by atoms with Crippen LogP contribution in [-0.4, -0.2) is 44.6 Å². The Morgan fingerprint density at radius 3 is 2.54 bits per heavy atom. The van der Waals surface area contributed by atoms with Gasteiger partial charge in [-0.3, -0.25) is 19.0 Å². The van der Waals surface area contributed by atoms with E-state index in [0.717, 1.165) is 16.4 Å². The van der Waals surface area contributed by atoms with Crippen molar-refractivity contribution in [3.8, 4) is 17.1 Å². The van der Waals surface area contributed by atoms with Gasteiger partial charge in [-0.25, -0.2) is 4.37 Å². The largest absolute Gasteiger partial charge is 0.482 e. The maximum Gasteiger partial charge on any atom is 0.263 e. The molecule has 4 aromatic heterocycles. The van der Waals surface area contributed by atoms with Gasteiger partial charge in [0.1, 0.15) is 11.5 Å². The number of halogens is 1. The highest BCUT2D eigenvalue weighted by Crippen LogP contribution is 2.29. The third kappa shape index (κ3) is 5.68. The molecule has 0 radical (unpaired) electrons. The molecule has 4 rings (SSSR count). The summed E-state index contributed by atoms with van der Waals surface area (Å²) in [6.45, 7) is 5.71. The summed E-state index contributed by atoms with van der Waals surface area (Å²) >= 11 is 8.71. The van der Waals surface area contributed by atoms with E-state index in [1.54, 1.807) is 23.6 Å². The standard InChI is InChI=1S/C25H26ClN5O4S2/c1-25(2,3)24(34)31-21(29(4)12-16-6-8-20(26)37-16)10-18(28-31)17-7-9-22(35-5)30(23(17)33)13-19(32)15-11-27-36-14-15/h6-11,14H,12-13H2,1-5H3. The first-order valence-electron chi connectivity index (χ1n) is 11.3. The van der Waals surface area contributed by atoms with Crippen molar-refractivity contribution in [1.82, 2.24) is 18.7 Å². The smallest absolute Gasteiger partial charge is 0.263 e. The number of thiophene rings is 1. The number of hydrogen-bond donors (Lipinski definition) is 0. The number of carbonyl (C=O) groups excluding carboxylic acids is 2. The summed E-state index contributed by atoms with van der Waals surface area (Å²) < 4.78 is 12.6. The molecule has 0 bridgehead atoms. The topological polar surface area (TPSA) is 99.3 Å². The lowest BCUT2D eigenvalue weighted by atomic mass is 9.96. The molecule has 194 valence electrons. The van der Waals surface area contributed by atoms with Crippen LogP contribution in [0.15, 0.2) is 46.7 Å². The monoisotopic (exact) mass is 559 g/mol. The molecule has 0 unspecified atom stereocenters. The summed E-state index contributed by atoms with van der Waals surface area (Å²) in [5.41, 5.74) is -0.197. The van der Waals surface area contributed by atoms with Crippen LogP contribution in [0.5, 0.6) is 5.88 Å². The fourth-order valence-corrected chi connectivity index (χ4v) is 5.34. The Bertz CT molecular complexity index is 1500. The molecule has 0 aromatic carbocycles. The van der Waals surface area contributed by atoms with Crippen LogP contribution in [0.1, 0.15) is 40.8 Å². The van der Waals surface area contributed by atoms with Crippen LogP contribution in [0.25, 0.3) is 11.3 Å². The van der Waals surface area contributed by atoms with Crippen LogP contribution in [0.4, 0.5) is 5.82 Å². The van der Waals surface area contributed by atoms with Crippen molar-refractivity contribution in [2.75, 3.05) is 19.1 Å². The van der Waals surface area contributed by atoms with E-state index in [4.69, 9.17) is 16.3 Å². The van der Waals surface area contributed by atoms with Gasteiger partial charge in [0.05, 0.1) is 41.9 Å². The van der Waals surface area contributed by atoms with Crippen LogP contribution < -0.4 is 15.2 Å². The van der Waals surface area contributed by atoms with Crippen LogP contribution in [0, 0.1) is 5.41 Å². The first-order chi connectivity index (χ1) is 17.5. The highest BCUT2D eigenvalue weighted by Gasteiger charge is 2.29. The number of carbonyl (C=O) groups is 2. The number of pyridine rings is 1. The predicted molar refractivity (Wildman–Crippen MR) is 146 cm³/mol. The zero-order valence-electron chi connectivity index (χ0n) is 21.0. The Labute approximate surface area is 227 Å². The van der Waals surface area contributed by atoms with Crippen LogP contribution >= 0.6 is 34.5 Å². The second-order valence-corrected chi connectivity index (χ2v) is 11.9. The molecular formula is C25H26ClN5O4S2. The number of anilines is 1. The summed E-state index contributed by atoms with van der Waals surface area (Å²) in [7, 11) is 3.28. The third-order valence-electron chi connectivity index (χ3n) is 5.61. The highest BCUT2D eigenvalue weighted by atomic mass is 35.5. The molecule has 0 fully saturated rings. The number of ketones is 1. The quantitative estimate of drug-likeness (QED) is 0.277. The van der Waals surface area contributed by atoms with Crippen molar-refractivity contribution in [2.24, 2.45) is 5.41 Å². The van der Waals surface area contributed by atoms with Crippen molar-refractivity contribution >= 4 is 52.0 Å². The van der Waals surface area contributed by atoms with Gasteiger partial charge < -0.3 is 9.64 Å². The van der Waals surface area contributed by atoms with E-state index < -0.39 is 11.0 Å². The summed E-state index contributed by atoms with van der Waals surface area (Å²) in [6, 6.07) is 8.66. The van der Waals surface area contributed by atoms with E-state index >= 15 is 0 Å². The highest BCUT2D eigenvalue weighted by molar-refractivity contribution is 7.16. The minimum atomic E-state index is -0.716. The molecule has 0 aliphatic heterocycles. The molecule has 37 heavy (non-hydrogen) atoms. The summed E-state index contributed by atoms with van der Waals surface area (Å²) in [5, 5.41) is 6.19. The van der Waals surface area contributed by atoms with Gasteiger partial charge in [-0.1, -0.05) is 32.4 Å². The minimum absolute atomic E-state index is 0.220. The van der Waals surface area contributed by atoms with Gasteiger partial charge in [-0.2, -0.15) is 9.78 Å². The van der Waals surface area contributed by atoms with Crippen molar-refractivity contribution in [3.63, 3.8) is 0 Å². The molecule has 4 aromatic rings. The predicted octanol–water partition coefficient (Wildman–Crippen LogP) is 5.10. The summed E-state index contributed by atoms with van der Waals surface area (Å²) in [4.78, 5) is 42.5. The summed E-state index contributed by atoms with van der Waals surface area (Å²) in [6.07, 6.45) is 1.47. The number of rotatable bonds is 8. The molecule has 0 spiro atoms. The fraction of sp³-hybridized carbons (Fsp3) is 0.320. The Morgan fingerprint density at radius 1 is 1.19 bits per heavy atom. The molecule has 4 heterocycles. The van der Waals surface area contributed by atoms with E-state index in [9.17, 15) is 14.4 Å². The molecule has 0 saturated heterocycles. The average molecular weight is 560 g/mol. The first-order valence-corrected chi connectivity index (χ1v) is 13.3. The fourth-order valence-electron chi connectivity index (χ4n) is 3.66. The van der Waals surface area contributed by atoms with Gasteiger partial charge >= 0.3 is 0 Å². The average Bonchev–Trinajstić information content (AvgIpc) is 3.60. The van der Waals surface area contributed by atoms with Crippen molar-refractivity contribution < 1.29 is 14.3 Å². The van der Waals surface area contributed by atoms with E-state index in [1.165, 1.54) is 33.9 Å². The lowest BCUT2D eigenvalue weighted by Crippen LogP contribution is -2.31. The molecule has 12 heteroatoms. The molecule has 0 amide bonds. The van der Waals surface area contributed by atoms with E-state index in [-0.39, 0.29) is 29.7 Å². The molecular weight excluding hydrogens is 534 g/mol. The van der Waals surface area contributed by atoms with E-state index in [0.29, 0.717) is 28.0 Å². The Morgan fingerprint density at radius 2 is 1.95 bits per heavy atom. The SMILES string of the molecule is COc1ccc(-c2cc(N(C)Cc3ccc(Cl)s3)n(C(=O)C(C)(C)C)n2)c(=O)n1CC(=O)c1cnsc1. The number of ether oxygens (including phenoxy) is 1. The summed E-state index contributed by atoms with van der Waals surface area (Å²) in [5.74, 6) is 0.276.